The number of rotatable bonds is 0. The molecule has 0 spiro atoms. The lowest BCUT2D eigenvalue weighted by atomic mass is 10.3. The van der Waals surface area contributed by atoms with Gasteiger partial charge in [0.15, 0.2) is 0 Å². The maximum absolute atomic E-state index is 10.9. The average molecular weight is 122 g/mol. The molecule has 0 aromatic carbocycles. The molecular formula is C7H8NO. The molecule has 47 valence electrons. The molecule has 9 heavy (non-hydrogen) atoms. The SMILES string of the molecule is Cc1c[c]cn(C)c1=O. The van der Waals surface area contributed by atoms with Crippen LogP contribution in [0.5, 0.6) is 0 Å². The van der Waals surface area contributed by atoms with Crippen LogP contribution in [0.4, 0.5) is 0 Å². The lowest BCUT2D eigenvalue weighted by Crippen LogP contribution is -2.17. The van der Waals surface area contributed by atoms with Crippen molar-refractivity contribution in [3.05, 3.63) is 34.2 Å². The molecule has 0 unspecified atom stereocenters. The molecular weight excluding hydrogens is 114 g/mol. The third kappa shape index (κ3) is 1.02. The quantitative estimate of drug-likeness (QED) is 0.491. The second-order valence-electron chi connectivity index (χ2n) is 2.04. The molecule has 1 radical (unpaired) electrons. The highest BCUT2D eigenvalue weighted by Gasteiger charge is 1.90. The fourth-order valence-corrected chi connectivity index (χ4v) is 0.673. The van der Waals surface area contributed by atoms with E-state index >= 15 is 0 Å². The molecule has 0 N–H and O–H groups in total. The summed E-state index contributed by atoms with van der Waals surface area (Å²) in [5, 5.41) is 0. The molecule has 2 nitrogen and oxygen atoms in total. The Hall–Kier alpha value is -1.05. The van der Waals surface area contributed by atoms with Crippen molar-refractivity contribution in [1.29, 1.82) is 0 Å². The van der Waals surface area contributed by atoms with E-state index < -0.39 is 0 Å². The third-order valence-electron chi connectivity index (χ3n) is 1.23. The van der Waals surface area contributed by atoms with E-state index in [0.29, 0.717) is 0 Å². The van der Waals surface area contributed by atoms with Gasteiger partial charge in [-0.2, -0.15) is 0 Å². The van der Waals surface area contributed by atoms with Crippen LogP contribution in [0.15, 0.2) is 17.1 Å². The molecule has 0 aliphatic heterocycles. The lowest BCUT2D eigenvalue weighted by Gasteiger charge is -1.94. The fraction of sp³-hybridized carbons (Fsp3) is 0.286. The zero-order valence-corrected chi connectivity index (χ0v) is 5.51. The first kappa shape index (κ1) is 6.08. The van der Waals surface area contributed by atoms with Crippen LogP contribution in [-0.2, 0) is 7.05 Å². The zero-order valence-electron chi connectivity index (χ0n) is 5.51. The highest BCUT2D eigenvalue weighted by atomic mass is 16.1. The monoisotopic (exact) mass is 122 g/mol. The molecule has 1 aromatic heterocycles. The highest BCUT2D eigenvalue weighted by Crippen LogP contribution is 1.83. The number of aromatic nitrogens is 1. The van der Waals surface area contributed by atoms with Crippen molar-refractivity contribution < 1.29 is 0 Å². The van der Waals surface area contributed by atoms with Crippen molar-refractivity contribution in [3.63, 3.8) is 0 Å². The van der Waals surface area contributed by atoms with Crippen molar-refractivity contribution in [2.75, 3.05) is 0 Å². The Kier molecular flexibility index (Phi) is 1.39. The zero-order chi connectivity index (χ0) is 6.85. The highest BCUT2D eigenvalue weighted by molar-refractivity contribution is 5.05. The Bertz CT molecular complexity index is 239. The smallest absolute Gasteiger partial charge is 0.253 e. The van der Waals surface area contributed by atoms with Gasteiger partial charge in [-0.25, -0.2) is 0 Å². The standard InChI is InChI=1S/C7H8NO/c1-6-4-3-5-8(2)7(6)9/h4-5H,1-2H3. The van der Waals surface area contributed by atoms with E-state index in [0.717, 1.165) is 5.56 Å². The van der Waals surface area contributed by atoms with E-state index in [9.17, 15) is 4.79 Å². The van der Waals surface area contributed by atoms with Crippen molar-refractivity contribution >= 4 is 0 Å². The van der Waals surface area contributed by atoms with Gasteiger partial charge >= 0.3 is 0 Å². The molecule has 0 bridgehead atoms. The van der Waals surface area contributed by atoms with E-state index in [1.807, 2.05) is 0 Å². The molecule has 1 heterocycles. The van der Waals surface area contributed by atoms with Crippen LogP contribution in [0.3, 0.4) is 0 Å². The third-order valence-corrected chi connectivity index (χ3v) is 1.23. The van der Waals surface area contributed by atoms with E-state index in [1.54, 1.807) is 26.2 Å². The minimum Gasteiger partial charge on any atom is -0.318 e. The summed E-state index contributed by atoms with van der Waals surface area (Å²) in [5.41, 5.74) is 0.786. The van der Waals surface area contributed by atoms with Gasteiger partial charge in [0.25, 0.3) is 5.56 Å². The minimum atomic E-state index is 0.0498. The van der Waals surface area contributed by atoms with Gasteiger partial charge in [-0.15, -0.1) is 0 Å². The van der Waals surface area contributed by atoms with E-state index in [1.165, 1.54) is 4.57 Å². The van der Waals surface area contributed by atoms with Crippen LogP contribution < -0.4 is 5.56 Å². The minimum absolute atomic E-state index is 0.0498. The summed E-state index contributed by atoms with van der Waals surface area (Å²) < 4.78 is 1.51. The summed E-state index contributed by atoms with van der Waals surface area (Å²) in [6.07, 6.45) is 1.62. The first-order valence-electron chi connectivity index (χ1n) is 2.75. The van der Waals surface area contributed by atoms with Gasteiger partial charge in [0.05, 0.1) is 0 Å². The molecule has 1 rings (SSSR count). The molecule has 0 amide bonds. The predicted molar refractivity (Wildman–Crippen MR) is 35.3 cm³/mol. The summed E-state index contributed by atoms with van der Waals surface area (Å²) in [6.45, 7) is 1.78. The number of pyridine rings is 1. The van der Waals surface area contributed by atoms with Crippen molar-refractivity contribution in [1.82, 2.24) is 4.57 Å². The first-order chi connectivity index (χ1) is 4.22. The first-order valence-corrected chi connectivity index (χ1v) is 2.75. The average Bonchev–Trinajstić information content (AvgIpc) is 1.83. The molecule has 0 aliphatic carbocycles. The van der Waals surface area contributed by atoms with Gasteiger partial charge < -0.3 is 4.57 Å². The van der Waals surface area contributed by atoms with Crippen molar-refractivity contribution in [2.24, 2.45) is 7.05 Å². The van der Waals surface area contributed by atoms with Gasteiger partial charge in [-0.1, -0.05) is 0 Å². The summed E-state index contributed by atoms with van der Waals surface area (Å²) >= 11 is 0. The lowest BCUT2D eigenvalue weighted by molar-refractivity contribution is 0.847. The maximum atomic E-state index is 10.9. The van der Waals surface area contributed by atoms with Crippen LogP contribution in [0.2, 0.25) is 0 Å². The Morgan fingerprint density at radius 2 is 2.33 bits per heavy atom. The van der Waals surface area contributed by atoms with Crippen molar-refractivity contribution in [3.8, 4) is 0 Å². The van der Waals surface area contributed by atoms with Crippen molar-refractivity contribution in [2.45, 2.75) is 6.92 Å². The number of hydrogen-bond donors (Lipinski definition) is 0. The van der Waals surface area contributed by atoms with Gasteiger partial charge in [-0.05, 0) is 19.1 Å². The molecule has 1 aromatic rings. The molecule has 0 atom stereocenters. The van der Waals surface area contributed by atoms with E-state index in [-0.39, 0.29) is 5.56 Å². The van der Waals surface area contributed by atoms with Gasteiger partial charge in [-0.3, -0.25) is 4.79 Å². The van der Waals surface area contributed by atoms with Crippen LogP contribution in [-0.4, -0.2) is 4.57 Å². The summed E-state index contributed by atoms with van der Waals surface area (Å²) in [4.78, 5) is 10.9. The fourth-order valence-electron chi connectivity index (χ4n) is 0.673. The normalized spacial score (nSPS) is 9.56. The number of hydrogen-bond acceptors (Lipinski definition) is 1. The molecule has 0 aliphatic rings. The van der Waals surface area contributed by atoms with E-state index in [2.05, 4.69) is 6.07 Å². The predicted octanol–water partition coefficient (Wildman–Crippen LogP) is 0.494. The van der Waals surface area contributed by atoms with Gasteiger partial charge in [0.1, 0.15) is 0 Å². The summed E-state index contributed by atoms with van der Waals surface area (Å²) in [5.74, 6) is 0. The summed E-state index contributed by atoms with van der Waals surface area (Å²) in [6, 6.07) is 4.52. The van der Waals surface area contributed by atoms with Gasteiger partial charge in [0.2, 0.25) is 0 Å². The molecule has 0 fully saturated rings. The van der Waals surface area contributed by atoms with E-state index in [4.69, 9.17) is 0 Å². The van der Waals surface area contributed by atoms with Crippen LogP contribution in [0, 0.1) is 13.0 Å². The Labute approximate surface area is 53.8 Å². The Morgan fingerprint density at radius 1 is 1.67 bits per heavy atom. The summed E-state index contributed by atoms with van der Waals surface area (Å²) in [7, 11) is 1.71. The number of nitrogens with zero attached hydrogens (tertiary/aromatic N) is 1. The molecule has 2 heteroatoms. The van der Waals surface area contributed by atoms with Crippen LogP contribution in [0.1, 0.15) is 5.56 Å². The topological polar surface area (TPSA) is 22.0 Å². The maximum Gasteiger partial charge on any atom is 0.253 e. The Morgan fingerprint density at radius 3 is 2.78 bits per heavy atom. The molecule has 0 saturated heterocycles. The largest absolute Gasteiger partial charge is 0.318 e. The van der Waals surface area contributed by atoms with Gasteiger partial charge in [0, 0.05) is 18.8 Å². The van der Waals surface area contributed by atoms with Crippen LogP contribution >= 0.6 is 0 Å². The van der Waals surface area contributed by atoms with Crippen LogP contribution in [0.25, 0.3) is 0 Å². The second kappa shape index (κ2) is 2.05. The Balaban J connectivity index is 3.43. The number of aryl methyl sites for hydroxylation is 2. The second-order valence-corrected chi connectivity index (χ2v) is 2.04. The molecule has 0 saturated carbocycles.